The number of allylic oxidation sites excluding steroid dienone is 4. The topological polar surface area (TPSA) is 43.4 Å². The van der Waals surface area contributed by atoms with Gasteiger partial charge in [-0.25, -0.2) is 0 Å². The molecule has 1 aliphatic rings. The van der Waals surface area contributed by atoms with Crippen molar-refractivity contribution < 1.29 is 14.3 Å². The van der Waals surface area contributed by atoms with E-state index in [0.29, 0.717) is 22.8 Å². The van der Waals surface area contributed by atoms with Crippen LogP contribution in [0.5, 0.6) is 0 Å². The van der Waals surface area contributed by atoms with E-state index in [1.54, 1.807) is 20.8 Å². The van der Waals surface area contributed by atoms with Crippen LogP contribution in [-0.4, -0.2) is 24.3 Å². The summed E-state index contributed by atoms with van der Waals surface area (Å²) < 4.78 is 5.52. The SMILES string of the molecule is CC1=C(C)C(=O)C(CCCCCCCCOC(C)C)=C(C)C1=O. The zero-order valence-electron chi connectivity index (χ0n) is 15.5. The molecular weight excluding hydrogens is 288 g/mol. The van der Waals surface area contributed by atoms with Gasteiger partial charge in [0.05, 0.1) is 6.10 Å². The maximum atomic E-state index is 12.3. The lowest BCUT2D eigenvalue weighted by Gasteiger charge is -2.18. The van der Waals surface area contributed by atoms with E-state index < -0.39 is 0 Å². The fraction of sp³-hybridized carbons (Fsp3) is 0.700. The van der Waals surface area contributed by atoms with Gasteiger partial charge in [0.2, 0.25) is 0 Å². The number of hydrogen-bond acceptors (Lipinski definition) is 3. The number of hydrogen-bond donors (Lipinski definition) is 0. The minimum Gasteiger partial charge on any atom is -0.379 e. The summed E-state index contributed by atoms with van der Waals surface area (Å²) in [5.41, 5.74) is 2.63. The van der Waals surface area contributed by atoms with Gasteiger partial charge >= 0.3 is 0 Å². The minimum absolute atomic E-state index is 0.0438. The molecule has 0 saturated heterocycles. The normalized spacial score (nSPS) is 16.1. The molecule has 0 aromatic carbocycles. The summed E-state index contributed by atoms with van der Waals surface area (Å²) in [5.74, 6) is 0.118. The van der Waals surface area contributed by atoms with Gasteiger partial charge < -0.3 is 4.74 Å². The Bertz CT molecular complexity index is 495. The van der Waals surface area contributed by atoms with E-state index >= 15 is 0 Å². The lowest BCUT2D eigenvalue weighted by molar-refractivity contribution is -0.116. The van der Waals surface area contributed by atoms with Gasteiger partial charge in [-0.05, 0) is 53.9 Å². The average Bonchev–Trinajstić information content (AvgIpc) is 2.52. The molecule has 0 spiro atoms. The van der Waals surface area contributed by atoms with E-state index in [2.05, 4.69) is 13.8 Å². The Morgan fingerprint density at radius 1 is 0.739 bits per heavy atom. The molecule has 3 nitrogen and oxygen atoms in total. The molecule has 0 aromatic heterocycles. The molecule has 0 N–H and O–H groups in total. The smallest absolute Gasteiger partial charge is 0.185 e. The van der Waals surface area contributed by atoms with Crippen molar-refractivity contribution in [3.8, 4) is 0 Å². The number of carbonyl (C=O) groups is 2. The zero-order chi connectivity index (χ0) is 17.4. The summed E-state index contributed by atoms with van der Waals surface area (Å²) in [4.78, 5) is 24.4. The lowest BCUT2D eigenvalue weighted by atomic mass is 9.84. The van der Waals surface area contributed by atoms with Crippen LogP contribution in [-0.2, 0) is 14.3 Å². The number of unbranched alkanes of at least 4 members (excludes halogenated alkanes) is 5. The van der Waals surface area contributed by atoms with Crippen molar-refractivity contribution in [3.05, 3.63) is 22.3 Å². The van der Waals surface area contributed by atoms with Crippen LogP contribution in [0.25, 0.3) is 0 Å². The highest BCUT2D eigenvalue weighted by molar-refractivity contribution is 6.24. The molecule has 0 saturated carbocycles. The molecule has 3 heteroatoms. The fourth-order valence-corrected chi connectivity index (χ4v) is 2.89. The highest BCUT2D eigenvalue weighted by atomic mass is 16.5. The Labute approximate surface area is 141 Å². The third kappa shape index (κ3) is 6.06. The zero-order valence-corrected chi connectivity index (χ0v) is 15.5. The van der Waals surface area contributed by atoms with Crippen LogP contribution in [0.15, 0.2) is 22.3 Å². The molecule has 130 valence electrons. The predicted octanol–water partition coefficient (Wildman–Crippen LogP) is 4.95. The number of carbonyl (C=O) groups excluding carboxylic acids is 2. The third-order valence-corrected chi connectivity index (χ3v) is 4.58. The van der Waals surface area contributed by atoms with Crippen LogP contribution >= 0.6 is 0 Å². The Kier molecular flexibility index (Phi) is 8.46. The van der Waals surface area contributed by atoms with Gasteiger partial charge in [-0.15, -0.1) is 0 Å². The van der Waals surface area contributed by atoms with E-state index in [4.69, 9.17) is 4.74 Å². The Morgan fingerprint density at radius 3 is 1.87 bits per heavy atom. The molecular formula is C20H32O3. The monoisotopic (exact) mass is 320 g/mol. The Morgan fingerprint density at radius 2 is 1.26 bits per heavy atom. The summed E-state index contributed by atoms with van der Waals surface area (Å²) in [6.45, 7) is 10.3. The summed E-state index contributed by atoms with van der Waals surface area (Å²) in [5, 5.41) is 0. The van der Waals surface area contributed by atoms with Gasteiger partial charge in [-0.3, -0.25) is 9.59 Å². The third-order valence-electron chi connectivity index (χ3n) is 4.58. The van der Waals surface area contributed by atoms with Crippen molar-refractivity contribution in [2.45, 2.75) is 85.7 Å². The van der Waals surface area contributed by atoms with Crippen LogP contribution in [0.1, 0.15) is 79.6 Å². The van der Waals surface area contributed by atoms with Crippen LogP contribution in [0, 0.1) is 0 Å². The summed E-state index contributed by atoms with van der Waals surface area (Å²) >= 11 is 0. The summed E-state index contributed by atoms with van der Waals surface area (Å²) in [6.07, 6.45) is 7.88. The average molecular weight is 320 g/mol. The highest BCUT2D eigenvalue weighted by Crippen LogP contribution is 2.27. The molecule has 0 unspecified atom stereocenters. The largest absolute Gasteiger partial charge is 0.379 e. The molecule has 1 rings (SSSR count). The first-order valence-electron chi connectivity index (χ1n) is 8.94. The molecule has 0 atom stereocenters. The van der Waals surface area contributed by atoms with Gasteiger partial charge in [-0.2, -0.15) is 0 Å². The maximum Gasteiger partial charge on any atom is 0.185 e. The number of ketones is 2. The first-order valence-corrected chi connectivity index (χ1v) is 8.94. The van der Waals surface area contributed by atoms with Crippen molar-refractivity contribution in [2.24, 2.45) is 0 Å². The Hall–Kier alpha value is -1.22. The molecule has 0 amide bonds. The second-order valence-corrected chi connectivity index (χ2v) is 6.80. The highest BCUT2D eigenvalue weighted by Gasteiger charge is 2.26. The van der Waals surface area contributed by atoms with Gasteiger partial charge in [-0.1, -0.05) is 25.7 Å². The van der Waals surface area contributed by atoms with Gasteiger partial charge in [0.25, 0.3) is 0 Å². The number of Topliss-reactive ketones (excluding diaryl/α,β-unsaturated/α-hetero) is 2. The second kappa shape index (κ2) is 9.82. The molecule has 0 bridgehead atoms. The number of ether oxygens (including phenoxy) is 1. The van der Waals surface area contributed by atoms with Crippen molar-refractivity contribution in [2.75, 3.05) is 6.61 Å². The van der Waals surface area contributed by atoms with Crippen LogP contribution in [0.4, 0.5) is 0 Å². The molecule has 23 heavy (non-hydrogen) atoms. The molecule has 0 heterocycles. The molecule has 1 aliphatic carbocycles. The van der Waals surface area contributed by atoms with Crippen molar-refractivity contribution in [1.82, 2.24) is 0 Å². The first-order chi connectivity index (χ1) is 10.9. The fourth-order valence-electron chi connectivity index (χ4n) is 2.89. The maximum absolute atomic E-state index is 12.3. The van der Waals surface area contributed by atoms with E-state index in [0.717, 1.165) is 37.9 Å². The number of rotatable bonds is 10. The van der Waals surface area contributed by atoms with Gasteiger partial charge in [0.15, 0.2) is 11.6 Å². The van der Waals surface area contributed by atoms with E-state index in [1.165, 1.54) is 19.3 Å². The van der Waals surface area contributed by atoms with Crippen molar-refractivity contribution >= 4 is 11.6 Å². The van der Waals surface area contributed by atoms with Crippen LogP contribution < -0.4 is 0 Å². The van der Waals surface area contributed by atoms with Crippen molar-refractivity contribution in [3.63, 3.8) is 0 Å². The quantitative estimate of drug-likeness (QED) is 0.422. The van der Waals surface area contributed by atoms with Crippen LogP contribution in [0.2, 0.25) is 0 Å². The van der Waals surface area contributed by atoms with Crippen molar-refractivity contribution in [1.29, 1.82) is 0 Å². The molecule has 0 fully saturated rings. The van der Waals surface area contributed by atoms with E-state index in [-0.39, 0.29) is 11.6 Å². The Balaban J connectivity index is 2.23. The van der Waals surface area contributed by atoms with E-state index in [9.17, 15) is 9.59 Å². The molecule has 0 radical (unpaired) electrons. The van der Waals surface area contributed by atoms with Gasteiger partial charge in [0.1, 0.15) is 0 Å². The van der Waals surface area contributed by atoms with Crippen LogP contribution in [0.3, 0.4) is 0 Å². The van der Waals surface area contributed by atoms with E-state index in [1.807, 2.05) is 0 Å². The summed E-state index contributed by atoms with van der Waals surface area (Å²) in [6, 6.07) is 0. The second-order valence-electron chi connectivity index (χ2n) is 6.80. The molecule has 0 aromatic rings. The lowest BCUT2D eigenvalue weighted by Crippen LogP contribution is -2.20. The minimum atomic E-state index is 0.0438. The first kappa shape index (κ1) is 19.8. The predicted molar refractivity (Wildman–Crippen MR) is 94.5 cm³/mol. The summed E-state index contributed by atoms with van der Waals surface area (Å²) in [7, 11) is 0. The molecule has 0 aliphatic heterocycles. The standard InChI is InChI=1S/C20H32O3/c1-14(2)23-13-11-9-7-6-8-10-12-18-17(5)19(21)15(3)16(4)20(18)22/h14H,6-13H2,1-5H3. The van der Waals surface area contributed by atoms with Gasteiger partial charge in [0, 0.05) is 28.9 Å².